The van der Waals surface area contributed by atoms with Crippen molar-refractivity contribution < 1.29 is 17.6 Å². The van der Waals surface area contributed by atoms with Gasteiger partial charge in [-0.15, -0.1) is 0 Å². The first-order chi connectivity index (χ1) is 18.2. The van der Waals surface area contributed by atoms with Crippen LogP contribution in [0, 0.1) is 17.2 Å². The molecule has 206 valence electrons. The summed E-state index contributed by atoms with van der Waals surface area (Å²) in [5.41, 5.74) is 3.26. The number of hydrogen-bond acceptors (Lipinski definition) is 2. The molecule has 0 bridgehead atoms. The van der Waals surface area contributed by atoms with Crippen molar-refractivity contribution in [2.45, 2.75) is 70.4 Å². The van der Waals surface area contributed by atoms with Gasteiger partial charge in [-0.05, 0) is 105 Å². The summed E-state index contributed by atoms with van der Waals surface area (Å²) in [5.74, 6) is 0.257. The lowest BCUT2D eigenvalue weighted by atomic mass is 9.67. The van der Waals surface area contributed by atoms with Crippen LogP contribution < -0.4 is 0 Å². The number of alkyl halides is 3. The maximum absolute atomic E-state index is 15.0. The second-order valence-corrected chi connectivity index (χ2v) is 11.8. The van der Waals surface area contributed by atoms with E-state index < -0.39 is 11.6 Å². The predicted octanol–water partition coefficient (Wildman–Crippen LogP) is 8.33. The van der Waals surface area contributed by atoms with Crippen molar-refractivity contribution in [1.82, 2.24) is 9.80 Å². The molecule has 2 aliphatic heterocycles. The van der Waals surface area contributed by atoms with E-state index in [2.05, 4.69) is 23.6 Å². The van der Waals surface area contributed by atoms with Gasteiger partial charge in [-0.2, -0.15) is 13.2 Å². The van der Waals surface area contributed by atoms with Gasteiger partial charge in [0.1, 0.15) is 5.82 Å². The van der Waals surface area contributed by atoms with Crippen molar-refractivity contribution in [3.63, 3.8) is 0 Å². The molecule has 0 spiro atoms. The Morgan fingerprint density at radius 1 is 0.868 bits per heavy atom. The molecule has 1 saturated carbocycles. The number of nitrogens with zero attached hydrogens (tertiary/aromatic N) is 2. The number of rotatable bonds is 8. The van der Waals surface area contributed by atoms with Gasteiger partial charge in [-0.25, -0.2) is 4.39 Å². The molecule has 3 fully saturated rings. The third-order valence-corrected chi connectivity index (χ3v) is 9.31. The van der Waals surface area contributed by atoms with Gasteiger partial charge < -0.3 is 9.80 Å². The fourth-order valence-corrected chi connectivity index (χ4v) is 6.49. The summed E-state index contributed by atoms with van der Waals surface area (Å²) in [6.45, 7) is 7.98. The van der Waals surface area contributed by atoms with Crippen LogP contribution in [0.5, 0.6) is 0 Å². The third-order valence-electron chi connectivity index (χ3n) is 9.31. The van der Waals surface area contributed by atoms with Crippen molar-refractivity contribution >= 4 is 5.70 Å². The Labute approximate surface area is 224 Å². The molecule has 0 N–H and O–H groups in total. The SMILES string of the molecule is C=C(c1ccc(-c2ccc(CCC3CCN(CC4(C(F)(F)F)CCC4)CC3)c(F)c2)cc1)N1CCCCC1. The zero-order chi connectivity index (χ0) is 26.8. The quantitative estimate of drug-likeness (QED) is 0.318. The van der Waals surface area contributed by atoms with E-state index in [9.17, 15) is 13.2 Å². The van der Waals surface area contributed by atoms with E-state index in [0.717, 1.165) is 60.3 Å². The minimum absolute atomic E-state index is 0.145. The Morgan fingerprint density at radius 2 is 1.53 bits per heavy atom. The molecule has 6 heteroatoms. The summed E-state index contributed by atoms with van der Waals surface area (Å²) >= 11 is 0. The molecule has 2 aromatic rings. The first kappa shape index (κ1) is 27.2. The van der Waals surface area contributed by atoms with E-state index in [1.54, 1.807) is 6.07 Å². The number of aryl methyl sites for hydroxylation is 1. The normalized spacial score (nSPS) is 20.8. The van der Waals surface area contributed by atoms with Crippen LogP contribution in [0.4, 0.5) is 17.6 Å². The highest BCUT2D eigenvalue weighted by atomic mass is 19.4. The van der Waals surface area contributed by atoms with Crippen LogP contribution in [0.25, 0.3) is 16.8 Å². The smallest absolute Gasteiger partial charge is 0.372 e. The summed E-state index contributed by atoms with van der Waals surface area (Å²) in [5, 5.41) is 0. The third kappa shape index (κ3) is 5.95. The van der Waals surface area contributed by atoms with E-state index in [-0.39, 0.29) is 25.2 Å². The summed E-state index contributed by atoms with van der Waals surface area (Å²) in [6.07, 6.45) is 4.15. The Bertz CT molecular complexity index is 1090. The average molecular weight is 529 g/mol. The summed E-state index contributed by atoms with van der Waals surface area (Å²) < 4.78 is 55.6. The van der Waals surface area contributed by atoms with Gasteiger partial charge in [-0.3, -0.25) is 0 Å². The molecule has 2 nitrogen and oxygen atoms in total. The predicted molar refractivity (Wildman–Crippen MR) is 146 cm³/mol. The number of piperidine rings is 2. The highest BCUT2D eigenvalue weighted by Crippen LogP contribution is 2.53. The fraction of sp³-hybridized carbons (Fsp3) is 0.562. The minimum Gasteiger partial charge on any atom is -0.372 e. The topological polar surface area (TPSA) is 6.48 Å². The largest absolute Gasteiger partial charge is 0.395 e. The molecule has 0 radical (unpaired) electrons. The molecule has 1 aliphatic carbocycles. The standard InChI is InChI=1S/C32H40F4N2/c1-24(38-18-3-2-4-19-38)26-8-10-27(11-9-26)29-13-12-28(30(33)22-29)7-6-25-14-20-37(21-15-25)23-31(16-5-17-31)32(34,35)36/h8-13,22,25H,1-7,14-21,23H2. The van der Waals surface area contributed by atoms with Crippen LogP contribution in [-0.4, -0.2) is 48.7 Å². The molecule has 0 atom stereocenters. The maximum Gasteiger partial charge on any atom is 0.395 e. The van der Waals surface area contributed by atoms with Crippen molar-refractivity contribution in [3.05, 3.63) is 66.0 Å². The van der Waals surface area contributed by atoms with E-state index in [1.807, 2.05) is 29.2 Å². The molecule has 3 aliphatic rings. The molecule has 2 heterocycles. The molecule has 0 aromatic heterocycles. The van der Waals surface area contributed by atoms with Gasteiger partial charge in [-0.1, -0.05) is 49.4 Å². The van der Waals surface area contributed by atoms with Gasteiger partial charge in [0, 0.05) is 25.3 Å². The van der Waals surface area contributed by atoms with Crippen LogP contribution in [0.15, 0.2) is 49.0 Å². The van der Waals surface area contributed by atoms with Gasteiger partial charge in [0.25, 0.3) is 0 Å². The van der Waals surface area contributed by atoms with Crippen molar-refractivity contribution in [2.24, 2.45) is 11.3 Å². The number of likely N-dealkylation sites (tertiary alicyclic amines) is 2. The highest BCUT2D eigenvalue weighted by molar-refractivity contribution is 5.69. The Balaban J connectivity index is 1.11. The summed E-state index contributed by atoms with van der Waals surface area (Å²) in [4.78, 5) is 4.36. The summed E-state index contributed by atoms with van der Waals surface area (Å²) in [6, 6.07) is 13.7. The molecule has 2 saturated heterocycles. The monoisotopic (exact) mass is 528 g/mol. The van der Waals surface area contributed by atoms with Crippen LogP contribution in [0.2, 0.25) is 0 Å². The highest BCUT2D eigenvalue weighted by Gasteiger charge is 2.58. The van der Waals surface area contributed by atoms with Gasteiger partial charge in [0.05, 0.1) is 5.41 Å². The van der Waals surface area contributed by atoms with E-state index in [0.29, 0.717) is 31.8 Å². The lowest BCUT2D eigenvalue weighted by Crippen LogP contribution is -2.53. The molecular formula is C32H40F4N2. The lowest BCUT2D eigenvalue weighted by molar-refractivity contribution is -0.256. The molecule has 5 rings (SSSR count). The molecular weight excluding hydrogens is 488 g/mol. The van der Waals surface area contributed by atoms with Crippen LogP contribution >= 0.6 is 0 Å². The molecule has 0 unspecified atom stereocenters. The molecule has 0 amide bonds. The Hall–Kier alpha value is -2.34. The first-order valence-electron chi connectivity index (χ1n) is 14.4. The van der Waals surface area contributed by atoms with Crippen molar-refractivity contribution in [1.29, 1.82) is 0 Å². The second kappa shape index (κ2) is 11.4. The zero-order valence-electron chi connectivity index (χ0n) is 22.3. The van der Waals surface area contributed by atoms with Gasteiger partial charge in [0.2, 0.25) is 0 Å². The maximum atomic E-state index is 15.0. The molecule has 2 aromatic carbocycles. The van der Waals surface area contributed by atoms with Gasteiger partial charge in [0.15, 0.2) is 0 Å². The fourth-order valence-electron chi connectivity index (χ4n) is 6.49. The Kier molecular flexibility index (Phi) is 8.18. The minimum atomic E-state index is -4.10. The molecule has 38 heavy (non-hydrogen) atoms. The second-order valence-electron chi connectivity index (χ2n) is 11.8. The van der Waals surface area contributed by atoms with Crippen LogP contribution in [-0.2, 0) is 6.42 Å². The number of hydrogen-bond donors (Lipinski definition) is 0. The summed E-state index contributed by atoms with van der Waals surface area (Å²) in [7, 11) is 0. The van der Waals surface area contributed by atoms with E-state index >= 15 is 4.39 Å². The van der Waals surface area contributed by atoms with Gasteiger partial charge >= 0.3 is 6.18 Å². The first-order valence-corrected chi connectivity index (χ1v) is 14.4. The van der Waals surface area contributed by atoms with Crippen LogP contribution in [0.3, 0.4) is 0 Å². The van der Waals surface area contributed by atoms with Crippen molar-refractivity contribution in [2.75, 3.05) is 32.7 Å². The number of benzene rings is 2. The lowest BCUT2D eigenvalue weighted by Gasteiger charge is -2.47. The Morgan fingerprint density at radius 3 is 2.11 bits per heavy atom. The van der Waals surface area contributed by atoms with Crippen molar-refractivity contribution in [3.8, 4) is 11.1 Å². The van der Waals surface area contributed by atoms with Crippen LogP contribution in [0.1, 0.15) is 68.9 Å². The average Bonchev–Trinajstić information content (AvgIpc) is 2.90. The zero-order valence-corrected chi connectivity index (χ0v) is 22.3. The van der Waals surface area contributed by atoms with E-state index in [4.69, 9.17) is 0 Å². The van der Waals surface area contributed by atoms with E-state index in [1.165, 1.54) is 19.3 Å². The number of halogens is 4.